The van der Waals surface area contributed by atoms with Crippen molar-refractivity contribution in [2.45, 2.75) is 6.92 Å². The van der Waals surface area contributed by atoms with Gasteiger partial charge >= 0.3 is 0 Å². The Balaban J connectivity index is 2.57. The fraction of sp³-hybridized carbons (Fsp3) is 0.100. The fourth-order valence-corrected chi connectivity index (χ4v) is 1.44. The average Bonchev–Trinajstić information content (AvgIpc) is 2.57. The Bertz CT molecular complexity index is 462. The molecule has 0 bridgehead atoms. The third-order valence-corrected chi connectivity index (χ3v) is 2.32. The summed E-state index contributed by atoms with van der Waals surface area (Å²) >= 11 is 5.90. The number of rotatable bonds is 1. The van der Waals surface area contributed by atoms with Crippen LogP contribution in [0.2, 0.25) is 5.02 Å². The topological polar surface area (TPSA) is 43.8 Å². The first-order chi connectivity index (χ1) is 6.68. The summed E-state index contributed by atoms with van der Waals surface area (Å²) in [4.78, 5) is 0. The lowest BCUT2D eigenvalue weighted by Crippen LogP contribution is -2.00. The molecule has 0 saturated heterocycles. The number of nitrogens with two attached hydrogens (primary N) is 1. The Hall–Kier alpha value is -1.48. The van der Waals surface area contributed by atoms with Gasteiger partial charge in [0.2, 0.25) is 0 Å². The molecule has 72 valence electrons. The van der Waals surface area contributed by atoms with Crippen LogP contribution in [0.25, 0.3) is 5.69 Å². The predicted octanol–water partition coefficient (Wildman–Crippen LogP) is 2.42. The monoisotopic (exact) mass is 207 g/mol. The standard InChI is InChI=1S/C10H10ClN3/c1-7-5-13-14(6-7)9-4-2-3-8(11)10(9)12/h2-6H,12H2,1H3. The summed E-state index contributed by atoms with van der Waals surface area (Å²) in [5.41, 5.74) is 8.28. The maximum atomic E-state index is 5.90. The molecule has 14 heavy (non-hydrogen) atoms. The van der Waals surface area contributed by atoms with E-state index in [2.05, 4.69) is 5.10 Å². The smallest absolute Gasteiger partial charge is 0.0890 e. The predicted molar refractivity (Wildman–Crippen MR) is 57.7 cm³/mol. The molecule has 0 atom stereocenters. The Morgan fingerprint density at radius 3 is 2.86 bits per heavy atom. The van der Waals surface area contributed by atoms with E-state index in [9.17, 15) is 0 Å². The van der Waals surface area contributed by atoms with Crippen LogP contribution in [0.5, 0.6) is 0 Å². The van der Waals surface area contributed by atoms with Crippen molar-refractivity contribution in [1.29, 1.82) is 0 Å². The van der Waals surface area contributed by atoms with Crippen molar-refractivity contribution in [3.05, 3.63) is 41.2 Å². The Kier molecular flexibility index (Phi) is 2.17. The zero-order valence-corrected chi connectivity index (χ0v) is 8.49. The normalized spacial score (nSPS) is 10.4. The number of anilines is 1. The number of hydrogen-bond acceptors (Lipinski definition) is 2. The summed E-state index contributed by atoms with van der Waals surface area (Å²) in [6.07, 6.45) is 3.68. The van der Waals surface area contributed by atoms with Crippen LogP contribution in [0.3, 0.4) is 0 Å². The molecule has 1 aromatic heterocycles. The molecule has 1 heterocycles. The number of hydrogen-bond donors (Lipinski definition) is 1. The highest BCUT2D eigenvalue weighted by Crippen LogP contribution is 2.25. The van der Waals surface area contributed by atoms with Gasteiger partial charge in [0.05, 0.1) is 22.6 Å². The third-order valence-electron chi connectivity index (χ3n) is 1.99. The van der Waals surface area contributed by atoms with Crippen molar-refractivity contribution in [1.82, 2.24) is 9.78 Å². The maximum Gasteiger partial charge on any atom is 0.0890 e. The van der Waals surface area contributed by atoms with Gasteiger partial charge in [-0.2, -0.15) is 5.10 Å². The zero-order valence-electron chi connectivity index (χ0n) is 7.74. The molecule has 0 aliphatic heterocycles. The first-order valence-electron chi connectivity index (χ1n) is 4.24. The fourth-order valence-electron chi connectivity index (χ4n) is 1.27. The first-order valence-corrected chi connectivity index (χ1v) is 4.62. The highest BCUT2D eigenvalue weighted by molar-refractivity contribution is 6.33. The van der Waals surface area contributed by atoms with E-state index in [4.69, 9.17) is 17.3 Å². The van der Waals surface area contributed by atoms with Crippen LogP contribution in [0.15, 0.2) is 30.6 Å². The Morgan fingerprint density at radius 2 is 2.21 bits per heavy atom. The summed E-state index contributed by atoms with van der Waals surface area (Å²) in [7, 11) is 0. The van der Waals surface area contributed by atoms with Crippen LogP contribution in [-0.2, 0) is 0 Å². The van der Waals surface area contributed by atoms with E-state index >= 15 is 0 Å². The van der Waals surface area contributed by atoms with Crippen LogP contribution < -0.4 is 5.73 Å². The van der Waals surface area contributed by atoms with Crippen molar-refractivity contribution >= 4 is 17.3 Å². The van der Waals surface area contributed by atoms with Crippen molar-refractivity contribution in [2.24, 2.45) is 0 Å². The highest BCUT2D eigenvalue weighted by atomic mass is 35.5. The van der Waals surface area contributed by atoms with Gasteiger partial charge in [-0.25, -0.2) is 4.68 Å². The SMILES string of the molecule is Cc1cnn(-c2cccc(Cl)c2N)c1. The molecular weight excluding hydrogens is 198 g/mol. The first kappa shape index (κ1) is 9.09. The lowest BCUT2D eigenvalue weighted by atomic mass is 10.3. The van der Waals surface area contributed by atoms with Gasteiger partial charge in [-0.15, -0.1) is 0 Å². The van der Waals surface area contributed by atoms with Crippen molar-refractivity contribution in [2.75, 3.05) is 5.73 Å². The average molecular weight is 208 g/mol. The second-order valence-corrected chi connectivity index (χ2v) is 3.54. The molecule has 0 spiro atoms. The van der Waals surface area contributed by atoms with Crippen LogP contribution in [-0.4, -0.2) is 9.78 Å². The van der Waals surface area contributed by atoms with Gasteiger partial charge < -0.3 is 5.73 Å². The van der Waals surface area contributed by atoms with Crippen LogP contribution >= 0.6 is 11.6 Å². The van der Waals surface area contributed by atoms with Gasteiger partial charge in [-0.3, -0.25) is 0 Å². The maximum absolute atomic E-state index is 5.90. The van der Waals surface area contributed by atoms with E-state index in [1.165, 1.54) is 0 Å². The molecule has 0 aliphatic rings. The molecule has 0 amide bonds. The van der Waals surface area contributed by atoms with Gasteiger partial charge in [0, 0.05) is 6.20 Å². The van der Waals surface area contributed by atoms with Crippen molar-refractivity contribution in [3.8, 4) is 5.69 Å². The quantitative estimate of drug-likeness (QED) is 0.730. The highest BCUT2D eigenvalue weighted by Gasteiger charge is 2.05. The number of para-hydroxylation sites is 1. The van der Waals surface area contributed by atoms with E-state index in [0.717, 1.165) is 11.3 Å². The van der Waals surface area contributed by atoms with Crippen molar-refractivity contribution < 1.29 is 0 Å². The largest absolute Gasteiger partial charge is 0.396 e. The summed E-state index contributed by atoms with van der Waals surface area (Å²) in [5, 5.41) is 4.72. The number of aromatic nitrogens is 2. The molecule has 1 aromatic carbocycles. The minimum absolute atomic E-state index is 0.552. The van der Waals surface area contributed by atoms with E-state index in [0.29, 0.717) is 10.7 Å². The van der Waals surface area contributed by atoms with Gasteiger partial charge in [0.1, 0.15) is 0 Å². The number of nitrogen functional groups attached to an aromatic ring is 1. The minimum Gasteiger partial charge on any atom is -0.396 e. The number of halogens is 1. The number of aryl methyl sites for hydroxylation is 1. The molecule has 2 aromatic rings. The van der Waals surface area contributed by atoms with Gasteiger partial charge in [0.15, 0.2) is 0 Å². The van der Waals surface area contributed by atoms with Crippen LogP contribution in [0, 0.1) is 6.92 Å². The Labute approximate surface area is 87.1 Å². The van der Waals surface area contributed by atoms with E-state index < -0.39 is 0 Å². The molecule has 0 aliphatic carbocycles. The zero-order chi connectivity index (χ0) is 10.1. The number of benzene rings is 1. The molecule has 4 heteroatoms. The molecule has 0 unspecified atom stereocenters. The van der Waals surface area contributed by atoms with Gasteiger partial charge in [0.25, 0.3) is 0 Å². The Morgan fingerprint density at radius 1 is 1.43 bits per heavy atom. The molecule has 2 N–H and O–H groups in total. The summed E-state index contributed by atoms with van der Waals surface area (Å²) in [6, 6.07) is 5.50. The third kappa shape index (κ3) is 1.46. The summed E-state index contributed by atoms with van der Waals surface area (Å²) in [6.45, 7) is 1.98. The number of nitrogens with zero attached hydrogens (tertiary/aromatic N) is 2. The minimum atomic E-state index is 0.552. The molecule has 0 radical (unpaired) electrons. The van der Waals surface area contributed by atoms with Crippen LogP contribution in [0.1, 0.15) is 5.56 Å². The second kappa shape index (κ2) is 3.35. The summed E-state index contributed by atoms with van der Waals surface area (Å²) < 4.78 is 1.72. The molecular formula is C10H10ClN3. The molecule has 0 saturated carbocycles. The van der Waals surface area contributed by atoms with Gasteiger partial charge in [-0.1, -0.05) is 17.7 Å². The van der Waals surface area contributed by atoms with E-state index in [1.54, 1.807) is 16.9 Å². The molecule has 2 rings (SSSR count). The lowest BCUT2D eigenvalue weighted by Gasteiger charge is -2.06. The van der Waals surface area contributed by atoms with E-state index in [1.807, 2.05) is 25.3 Å². The molecule has 0 fully saturated rings. The lowest BCUT2D eigenvalue weighted by molar-refractivity contribution is 0.883. The van der Waals surface area contributed by atoms with E-state index in [-0.39, 0.29) is 0 Å². The second-order valence-electron chi connectivity index (χ2n) is 3.13. The summed E-state index contributed by atoms with van der Waals surface area (Å²) in [5.74, 6) is 0. The van der Waals surface area contributed by atoms with Crippen molar-refractivity contribution in [3.63, 3.8) is 0 Å². The van der Waals surface area contributed by atoms with Gasteiger partial charge in [-0.05, 0) is 24.6 Å². The van der Waals surface area contributed by atoms with Crippen LogP contribution in [0.4, 0.5) is 5.69 Å². The molecule has 3 nitrogen and oxygen atoms in total.